The number of aryl methyl sites for hydroxylation is 1. The van der Waals surface area contributed by atoms with Crippen molar-refractivity contribution in [3.8, 4) is 0 Å². The van der Waals surface area contributed by atoms with Crippen LogP contribution in [0.4, 0.5) is 10.6 Å². The standard InChI is InChI=1S/C28H38N6O2/c1-28(2,3)36-27(35)31-21-13-16-33(17-14-21)25-12-6-11-24-30-22(19-34(24)25)18-32(4)23-10-5-8-20-9-7-15-29-26(20)23/h6-7,9,11-12,15,19,21,23H,5,8,10,13-14,16-18H2,1-4H3,(H,31,35). The number of alkyl carbamates (subject to hydrolysis) is 1. The quantitative estimate of drug-likeness (QED) is 0.557. The topological polar surface area (TPSA) is 75.0 Å². The van der Waals surface area contributed by atoms with Crippen LogP contribution in [0.5, 0.6) is 0 Å². The van der Waals surface area contributed by atoms with Crippen LogP contribution in [0.3, 0.4) is 0 Å². The fraction of sp³-hybridized carbons (Fsp3) is 0.536. The molecular weight excluding hydrogens is 452 g/mol. The highest BCUT2D eigenvalue weighted by Crippen LogP contribution is 2.33. The van der Waals surface area contributed by atoms with Crippen LogP contribution in [0.2, 0.25) is 0 Å². The Hall–Kier alpha value is -3.13. The van der Waals surface area contributed by atoms with Gasteiger partial charge in [0.1, 0.15) is 17.1 Å². The molecule has 8 nitrogen and oxygen atoms in total. The zero-order valence-electron chi connectivity index (χ0n) is 21.9. The van der Waals surface area contributed by atoms with Crippen molar-refractivity contribution < 1.29 is 9.53 Å². The van der Waals surface area contributed by atoms with Crippen LogP contribution in [0, 0.1) is 0 Å². The van der Waals surface area contributed by atoms with Crippen molar-refractivity contribution in [1.29, 1.82) is 0 Å². The highest BCUT2D eigenvalue weighted by atomic mass is 16.6. The van der Waals surface area contributed by atoms with Crippen molar-refractivity contribution in [3.63, 3.8) is 0 Å². The van der Waals surface area contributed by atoms with E-state index in [0.29, 0.717) is 6.04 Å². The van der Waals surface area contributed by atoms with Crippen LogP contribution in [0.15, 0.2) is 42.7 Å². The summed E-state index contributed by atoms with van der Waals surface area (Å²) in [6, 6.07) is 11.0. The summed E-state index contributed by atoms with van der Waals surface area (Å²) in [6.45, 7) is 8.19. The molecule has 5 rings (SSSR count). The van der Waals surface area contributed by atoms with Crippen LogP contribution < -0.4 is 10.2 Å². The van der Waals surface area contributed by atoms with E-state index in [1.165, 1.54) is 17.7 Å². The SMILES string of the molecule is CN(Cc1cn2c(N3CCC(NC(=O)OC(C)(C)C)CC3)cccc2n1)C1CCCc2cccnc21. The summed E-state index contributed by atoms with van der Waals surface area (Å²) < 4.78 is 7.63. The molecule has 1 aliphatic heterocycles. The van der Waals surface area contributed by atoms with E-state index in [-0.39, 0.29) is 12.1 Å². The van der Waals surface area contributed by atoms with E-state index in [1.807, 2.05) is 33.0 Å². The number of imidazole rings is 1. The summed E-state index contributed by atoms with van der Waals surface area (Å²) in [5, 5.41) is 3.03. The second-order valence-corrected chi connectivity index (χ2v) is 11.1. The molecule has 1 N–H and O–H groups in total. The molecule has 0 saturated carbocycles. The third-order valence-electron chi connectivity index (χ3n) is 7.17. The smallest absolute Gasteiger partial charge is 0.407 e. The fourth-order valence-electron chi connectivity index (χ4n) is 5.49. The maximum atomic E-state index is 12.2. The molecule has 0 bridgehead atoms. The Labute approximate surface area is 213 Å². The lowest BCUT2D eigenvalue weighted by molar-refractivity contribution is 0.0497. The van der Waals surface area contributed by atoms with Crippen molar-refractivity contribution >= 4 is 17.6 Å². The van der Waals surface area contributed by atoms with Gasteiger partial charge in [0.25, 0.3) is 0 Å². The Morgan fingerprint density at radius 1 is 1.17 bits per heavy atom. The van der Waals surface area contributed by atoms with E-state index >= 15 is 0 Å². The first-order valence-electron chi connectivity index (χ1n) is 13.1. The maximum absolute atomic E-state index is 12.2. The van der Waals surface area contributed by atoms with Gasteiger partial charge in [0.05, 0.1) is 17.4 Å². The monoisotopic (exact) mass is 490 g/mol. The zero-order valence-corrected chi connectivity index (χ0v) is 21.9. The lowest BCUT2D eigenvalue weighted by Gasteiger charge is -2.34. The van der Waals surface area contributed by atoms with Gasteiger partial charge in [-0.3, -0.25) is 14.3 Å². The molecule has 36 heavy (non-hydrogen) atoms. The van der Waals surface area contributed by atoms with Crippen LogP contribution in [0.1, 0.15) is 69.4 Å². The van der Waals surface area contributed by atoms with Crippen molar-refractivity contribution in [2.45, 2.75) is 77.1 Å². The first-order chi connectivity index (χ1) is 17.3. The number of nitrogens with zero attached hydrogens (tertiary/aromatic N) is 5. The van der Waals surface area contributed by atoms with Crippen molar-refractivity contribution in [1.82, 2.24) is 24.6 Å². The molecule has 1 amide bonds. The van der Waals surface area contributed by atoms with Gasteiger partial charge in [0, 0.05) is 38.1 Å². The molecule has 2 aliphatic rings. The number of aromatic nitrogens is 3. The number of pyridine rings is 2. The molecule has 0 aromatic carbocycles. The van der Waals surface area contributed by atoms with Gasteiger partial charge in [-0.25, -0.2) is 9.78 Å². The number of nitrogens with one attached hydrogen (secondary N) is 1. The Morgan fingerprint density at radius 2 is 1.97 bits per heavy atom. The van der Waals surface area contributed by atoms with E-state index in [1.54, 1.807) is 0 Å². The molecule has 1 atom stereocenters. The maximum Gasteiger partial charge on any atom is 0.407 e. The molecular formula is C28H38N6O2. The van der Waals surface area contributed by atoms with Gasteiger partial charge in [-0.1, -0.05) is 12.1 Å². The van der Waals surface area contributed by atoms with Crippen LogP contribution in [-0.2, 0) is 17.7 Å². The highest BCUT2D eigenvalue weighted by molar-refractivity contribution is 5.68. The molecule has 1 fully saturated rings. The van der Waals surface area contributed by atoms with Gasteiger partial charge in [-0.05, 0) is 83.7 Å². The number of hydrogen-bond donors (Lipinski definition) is 1. The second kappa shape index (κ2) is 10.1. The van der Waals surface area contributed by atoms with Crippen LogP contribution in [-0.4, -0.2) is 57.1 Å². The molecule has 192 valence electrons. The van der Waals surface area contributed by atoms with Gasteiger partial charge in [0.15, 0.2) is 0 Å². The number of anilines is 1. The number of hydrogen-bond acceptors (Lipinski definition) is 6. The van der Waals surface area contributed by atoms with Gasteiger partial charge in [-0.15, -0.1) is 0 Å². The van der Waals surface area contributed by atoms with Gasteiger partial charge < -0.3 is 15.0 Å². The number of fused-ring (bicyclic) bond motifs is 2. The largest absolute Gasteiger partial charge is 0.444 e. The predicted octanol–water partition coefficient (Wildman–Crippen LogP) is 4.73. The van der Waals surface area contributed by atoms with E-state index < -0.39 is 5.60 Å². The molecule has 4 heterocycles. The number of carbonyl (C=O) groups is 1. The fourth-order valence-corrected chi connectivity index (χ4v) is 5.49. The first-order valence-corrected chi connectivity index (χ1v) is 13.1. The van der Waals surface area contributed by atoms with Gasteiger partial charge >= 0.3 is 6.09 Å². The molecule has 0 radical (unpaired) electrons. The zero-order chi connectivity index (χ0) is 25.3. The van der Waals surface area contributed by atoms with E-state index in [2.05, 4.69) is 57.0 Å². The van der Waals surface area contributed by atoms with Crippen LogP contribution in [0.25, 0.3) is 5.65 Å². The van der Waals surface area contributed by atoms with Crippen molar-refractivity contribution in [2.24, 2.45) is 0 Å². The van der Waals surface area contributed by atoms with Crippen LogP contribution >= 0.6 is 0 Å². The number of carbonyl (C=O) groups excluding carboxylic acids is 1. The minimum Gasteiger partial charge on any atom is -0.444 e. The Kier molecular flexibility index (Phi) is 6.88. The molecule has 8 heteroatoms. The lowest BCUT2D eigenvalue weighted by Crippen LogP contribution is -2.46. The number of piperidine rings is 1. The number of rotatable bonds is 5. The van der Waals surface area contributed by atoms with Crippen molar-refractivity contribution in [2.75, 3.05) is 25.0 Å². The first kappa shape index (κ1) is 24.6. The van der Waals surface area contributed by atoms with E-state index in [9.17, 15) is 4.79 Å². The summed E-state index contributed by atoms with van der Waals surface area (Å²) in [4.78, 5) is 26.6. The molecule has 0 spiro atoms. The Morgan fingerprint density at radius 3 is 2.75 bits per heavy atom. The predicted molar refractivity (Wildman–Crippen MR) is 141 cm³/mol. The highest BCUT2D eigenvalue weighted by Gasteiger charge is 2.27. The molecule has 1 aliphatic carbocycles. The molecule has 1 saturated heterocycles. The summed E-state index contributed by atoms with van der Waals surface area (Å²) >= 11 is 0. The lowest BCUT2D eigenvalue weighted by atomic mass is 9.91. The summed E-state index contributed by atoms with van der Waals surface area (Å²) in [7, 11) is 2.18. The van der Waals surface area contributed by atoms with E-state index in [4.69, 9.17) is 14.7 Å². The molecule has 3 aromatic heterocycles. The minimum atomic E-state index is -0.482. The normalized spacial score (nSPS) is 18.9. The van der Waals surface area contributed by atoms with Crippen molar-refractivity contribution in [3.05, 3.63) is 59.7 Å². The Bertz CT molecular complexity index is 1210. The third kappa shape index (κ3) is 5.48. The van der Waals surface area contributed by atoms with E-state index in [0.717, 1.165) is 62.5 Å². The van der Waals surface area contributed by atoms with Gasteiger partial charge in [-0.2, -0.15) is 0 Å². The number of ether oxygens (including phenoxy) is 1. The minimum absolute atomic E-state index is 0.134. The average molecular weight is 491 g/mol. The molecule has 3 aromatic rings. The average Bonchev–Trinajstić information content (AvgIpc) is 3.25. The third-order valence-corrected chi connectivity index (χ3v) is 7.17. The number of amides is 1. The summed E-state index contributed by atoms with van der Waals surface area (Å²) in [6.07, 6.45) is 8.97. The second-order valence-electron chi connectivity index (χ2n) is 11.1. The summed E-state index contributed by atoms with van der Waals surface area (Å²) in [5.41, 5.74) is 4.15. The molecule has 1 unspecified atom stereocenters. The Balaban J connectivity index is 1.25. The van der Waals surface area contributed by atoms with Gasteiger partial charge in [0.2, 0.25) is 0 Å². The summed E-state index contributed by atoms with van der Waals surface area (Å²) in [5.74, 6) is 1.15.